The minimum Gasteiger partial charge on any atom is -0.399 e. The number of hydrogen-bond donors (Lipinski definition) is 2. The summed E-state index contributed by atoms with van der Waals surface area (Å²) < 4.78 is 0. The summed E-state index contributed by atoms with van der Waals surface area (Å²) in [5, 5.41) is 0. The maximum absolute atomic E-state index is 11.9. The Morgan fingerprint density at radius 2 is 1.82 bits per heavy atom. The summed E-state index contributed by atoms with van der Waals surface area (Å²) in [5.41, 5.74) is 13.3. The van der Waals surface area contributed by atoms with Crippen LogP contribution in [0.15, 0.2) is 42.6 Å². The van der Waals surface area contributed by atoms with Gasteiger partial charge in [0.05, 0.1) is 0 Å². The topological polar surface area (TPSA) is 82.0 Å². The van der Waals surface area contributed by atoms with E-state index in [-0.39, 0.29) is 5.78 Å². The number of carbonyl (C=O) groups is 1. The van der Waals surface area contributed by atoms with Gasteiger partial charge in [0.15, 0.2) is 5.78 Å². The number of Topliss-reactive ketones (excluding diaryl/α,β-unsaturated/α-hetero) is 1. The average molecular weight is 227 g/mol. The largest absolute Gasteiger partial charge is 0.399 e. The van der Waals surface area contributed by atoms with Gasteiger partial charge in [-0.05, 0) is 42.0 Å². The van der Waals surface area contributed by atoms with Crippen LogP contribution in [0.5, 0.6) is 0 Å². The summed E-state index contributed by atoms with van der Waals surface area (Å²) in [5.74, 6) is 0.461. The molecule has 0 aliphatic heterocycles. The molecule has 0 saturated heterocycles. The fraction of sp³-hybridized carbons (Fsp3) is 0.0769. The molecule has 0 aliphatic carbocycles. The van der Waals surface area contributed by atoms with Crippen LogP contribution in [0.25, 0.3) is 0 Å². The molecule has 4 N–H and O–H groups in total. The summed E-state index contributed by atoms with van der Waals surface area (Å²) >= 11 is 0. The van der Waals surface area contributed by atoms with E-state index in [9.17, 15) is 4.79 Å². The number of anilines is 2. The number of carbonyl (C=O) groups excluding carboxylic acids is 1. The Balaban J connectivity index is 2.14. The zero-order valence-electron chi connectivity index (χ0n) is 9.26. The van der Waals surface area contributed by atoms with E-state index in [1.54, 1.807) is 42.6 Å². The molecule has 0 saturated carbocycles. The van der Waals surface area contributed by atoms with E-state index in [1.807, 2.05) is 0 Å². The Hall–Kier alpha value is -2.36. The highest BCUT2D eigenvalue weighted by atomic mass is 16.1. The third-order valence-corrected chi connectivity index (χ3v) is 2.44. The molecule has 0 unspecified atom stereocenters. The Bertz CT molecular complexity index is 535. The molecule has 0 atom stereocenters. The van der Waals surface area contributed by atoms with Crippen LogP contribution in [0, 0.1) is 0 Å². The van der Waals surface area contributed by atoms with Crippen molar-refractivity contribution in [1.29, 1.82) is 0 Å². The van der Waals surface area contributed by atoms with Gasteiger partial charge in [0.1, 0.15) is 5.82 Å². The lowest BCUT2D eigenvalue weighted by atomic mass is 10.0. The van der Waals surface area contributed by atoms with E-state index < -0.39 is 0 Å². The van der Waals surface area contributed by atoms with Crippen molar-refractivity contribution in [3.63, 3.8) is 0 Å². The minimum atomic E-state index is 0.0376. The zero-order chi connectivity index (χ0) is 12.3. The molecule has 1 heterocycles. The van der Waals surface area contributed by atoms with Gasteiger partial charge in [0, 0.05) is 23.9 Å². The van der Waals surface area contributed by atoms with E-state index in [4.69, 9.17) is 11.5 Å². The molecule has 0 spiro atoms. The lowest BCUT2D eigenvalue weighted by Gasteiger charge is -2.02. The normalized spacial score (nSPS) is 10.1. The first kappa shape index (κ1) is 11.1. The van der Waals surface area contributed by atoms with Crippen LogP contribution < -0.4 is 11.5 Å². The van der Waals surface area contributed by atoms with E-state index in [0.29, 0.717) is 23.5 Å². The maximum Gasteiger partial charge on any atom is 0.167 e. The van der Waals surface area contributed by atoms with Gasteiger partial charge >= 0.3 is 0 Å². The Morgan fingerprint density at radius 1 is 1.12 bits per heavy atom. The first-order valence-electron chi connectivity index (χ1n) is 5.24. The van der Waals surface area contributed by atoms with Crippen molar-refractivity contribution in [1.82, 2.24) is 4.98 Å². The number of rotatable bonds is 3. The second-order valence-corrected chi connectivity index (χ2v) is 3.81. The quantitative estimate of drug-likeness (QED) is 0.617. The lowest BCUT2D eigenvalue weighted by Crippen LogP contribution is -2.04. The van der Waals surface area contributed by atoms with Crippen LogP contribution in [0.4, 0.5) is 11.5 Å². The van der Waals surface area contributed by atoms with E-state index >= 15 is 0 Å². The molecule has 17 heavy (non-hydrogen) atoms. The van der Waals surface area contributed by atoms with Gasteiger partial charge in [0.25, 0.3) is 0 Å². The molecule has 0 radical (unpaired) electrons. The predicted molar refractivity (Wildman–Crippen MR) is 67.5 cm³/mol. The molecule has 0 bridgehead atoms. The Kier molecular flexibility index (Phi) is 3.05. The molecule has 0 fully saturated rings. The summed E-state index contributed by atoms with van der Waals surface area (Å²) in [6, 6.07) is 10.4. The highest BCUT2D eigenvalue weighted by molar-refractivity contribution is 5.97. The van der Waals surface area contributed by atoms with Crippen molar-refractivity contribution in [3.05, 3.63) is 53.7 Å². The minimum absolute atomic E-state index is 0.0376. The smallest absolute Gasteiger partial charge is 0.167 e. The number of nitrogens with two attached hydrogens (primary N) is 2. The number of nitrogen functional groups attached to an aromatic ring is 2. The summed E-state index contributed by atoms with van der Waals surface area (Å²) in [6.45, 7) is 0. The van der Waals surface area contributed by atoms with Gasteiger partial charge in [-0.15, -0.1) is 0 Å². The van der Waals surface area contributed by atoms with Crippen molar-refractivity contribution in [2.45, 2.75) is 6.42 Å². The molecule has 2 rings (SSSR count). The molecule has 4 heteroatoms. The SMILES string of the molecule is Nc1ccc(C(=O)Cc2ccnc(N)c2)cc1. The van der Waals surface area contributed by atoms with Gasteiger partial charge in [-0.1, -0.05) is 0 Å². The van der Waals surface area contributed by atoms with Crippen LogP contribution in [-0.2, 0) is 6.42 Å². The zero-order valence-corrected chi connectivity index (χ0v) is 9.26. The van der Waals surface area contributed by atoms with Crippen LogP contribution >= 0.6 is 0 Å². The highest BCUT2D eigenvalue weighted by Crippen LogP contribution is 2.11. The van der Waals surface area contributed by atoms with Gasteiger partial charge in [-0.3, -0.25) is 4.79 Å². The molecule has 1 aromatic carbocycles. The number of benzene rings is 1. The molecule has 1 aromatic heterocycles. The number of aromatic nitrogens is 1. The lowest BCUT2D eigenvalue weighted by molar-refractivity contribution is 0.0993. The Morgan fingerprint density at radius 3 is 2.47 bits per heavy atom. The number of pyridine rings is 1. The molecule has 86 valence electrons. The van der Waals surface area contributed by atoms with Crippen LogP contribution in [0.1, 0.15) is 15.9 Å². The van der Waals surface area contributed by atoms with E-state index in [0.717, 1.165) is 5.56 Å². The summed E-state index contributed by atoms with van der Waals surface area (Å²) in [7, 11) is 0. The first-order chi connectivity index (χ1) is 8.15. The second kappa shape index (κ2) is 4.65. The van der Waals surface area contributed by atoms with E-state index in [2.05, 4.69) is 4.98 Å². The third kappa shape index (κ3) is 2.81. The van der Waals surface area contributed by atoms with Crippen molar-refractivity contribution < 1.29 is 4.79 Å². The molecular weight excluding hydrogens is 214 g/mol. The number of hydrogen-bond acceptors (Lipinski definition) is 4. The van der Waals surface area contributed by atoms with Crippen LogP contribution in [0.3, 0.4) is 0 Å². The third-order valence-electron chi connectivity index (χ3n) is 2.44. The van der Waals surface area contributed by atoms with Crippen LogP contribution in [-0.4, -0.2) is 10.8 Å². The van der Waals surface area contributed by atoms with Gasteiger partial charge in [-0.25, -0.2) is 4.98 Å². The first-order valence-corrected chi connectivity index (χ1v) is 5.24. The molecule has 2 aromatic rings. The molecule has 0 amide bonds. The maximum atomic E-state index is 11.9. The number of nitrogens with zero attached hydrogens (tertiary/aromatic N) is 1. The molecular formula is C13H13N3O. The number of ketones is 1. The molecule has 0 aliphatic rings. The predicted octanol–water partition coefficient (Wildman–Crippen LogP) is 1.67. The standard InChI is InChI=1S/C13H13N3O/c14-11-3-1-10(2-4-11)12(17)7-9-5-6-16-13(15)8-9/h1-6,8H,7,14H2,(H2,15,16). The van der Waals surface area contributed by atoms with E-state index in [1.165, 1.54) is 0 Å². The highest BCUT2D eigenvalue weighted by Gasteiger charge is 2.07. The van der Waals surface area contributed by atoms with Crippen molar-refractivity contribution in [3.8, 4) is 0 Å². The van der Waals surface area contributed by atoms with Crippen molar-refractivity contribution in [2.24, 2.45) is 0 Å². The summed E-state index contributed by atoms with van der Waals surface area (Å²) in [6.07, 6.45) is 1.91. The monoisotopic (exact) mass is 227 g/mol. The van der Waals surface area contributed by atoms with Crippen molar-refractivity contribution >= 4 is 17.3 Å². The van der Waals surface area contributed by atoms with Gasteiger partial charge in [-0.2, -0.15) is 0 Å². The second-order valence-electron chi connectivity index (χ2n) is 3.81. The Labute approximate surface area is 99.3 Å². The van der Waals surface area contributed by atoms with Gasteiger partial charge < -0.3 is 11.5 Å². The molecule has 4 nitrogen and oxygen atoms in total. The average Bonchev–Trinajstić information content (AvgIpc) is 2.29. The fourth-order valence-corrected chi connectivity index (χ4v) is 1.56. The summed E-state index contributed by atoms with van der Waals surface area (Å²) in [4.78, 5) is 15.8. The van der Waals surface area contributed by atoms with Gasteiger partial charge in [0.2, 0.25) is 0 Å². The van der Waals surface area contributed by atoms with Crippen LogP contribution in [0.2, 0.25) is 0 Å². The van der Waals surface area contributed by atoms with Crippen molar-refractivity contribution in [2.75, 3.05) is 11.5 Å². The fourth-order valence-electron chi connectivity index (χ4n) is 1.56.